The molecule has 0 aromatic carbocycles. The van der Waals surface area contributed by atoms with Gasteiger partial charge in [-0.3, -0.25) is 4.79 Å². The van der Waals surface area contributed by atoms with E-state index in [-0.39, 0.29) is 17.4 Å². The number of nitrogens with one attached hydrogen (secondary N) is 2. The normalized spacial score (nSPS) is 14.1. The molecule has 6 heteroatoms. The highest BCUT2D eigenvalue weighted by Gasteiger charge is 2.23. The molecule has 0 atom stereocenters. The molecule has 0 spiro atoms. The van der Waals surface area contributed by atoms with Crippen molar-refractivity contribution < 1.29 is 4.79 Å². The van der Waals surface area contributed by atoms with Gasteiger partial charge >= 0.3 is 0 Å². The van der Waals surface area contributed by atoms with Crippen LogP contribution in [0.15, 0.2) is 12.1 Å². The second-order valence-electron chi connectivity index (χ2n) is 4.41. The van der Waals surface area contributed by atoms with Crippen LogP contribution in [0.4, 0.5) is 5.82 Å². The molecule has 1 aliphatic rings. The molecule has 1 fully saturated rings. The Morgan fingerprint density at radius 3 is 2.89 bits per heavy atom. The summed E-state index contributed by atoms with van der Waals surface area (Å²) in [6.45, 7) is 2.06. The highest BCUT2D eigenvalue weighted by atomic mass is 32.1. The molecular formula is C12H16N4OS. The molecule has 1 aliphatic carbocycles. The van der Waals surface area contributed by atoms with Crippen LogP contribution >= 0.6 is 12.2 Å². The fourth-order valence-electron chi connectivity index (χ4n) is 1.56. The van der Waals surface area contributed by atoms with Crippen molar-refractivity contribution in [3.63, 3.8) is 0 Å². The van der Waals surface area contributed by atoms with E-state index in [0.29, 0.717) is 17.4 Å². The smallest absolute Gasteiger partial charge is 0.239 e. The maximum absolute atomic E-state index is 11.6. The lowest BCUT2D eigenvalue weighted by Crippen LogP contribution is -2.32. The zero-order valence-electron chi connectivity index (χ0n) is 10.2. The van der Waals surface area contributed by atoms with Gasteiger partial charge in [0.05, 0.1) is 12.1 Å². The van der Waals surface area contributed by atoms with E-state index in [1.807, 2.05) is 19.1 Å². The van der Waals surface area contributed by atoms with Crippen molar-refractivity contribution in [2.75, 3.05) is 11.9 Å². The quantitative estimate of drug-likeness (QED) is 0.683. The minimum Gasteiger partial charge on any atom is -0.389 e. The Kier molecular flexibility index (Phi) is 3.76. The van der Waals surface area contributed by atoms with Gasteiger partial charge in [-0.15, -0.1) is 0 Å². The third-order valence-corrected chi connectivity index (χ3v) is 2.88. The van der Waals surface area contributed by atoms with Gasteiger partial charge in [-0.05, 0) is 31.9 Å². The molecule has 0 unspecified atom stereocenters. The van der Waals surface area contributed by atoms with Crippen molar-refractivity contribution >= 4 is 28.9 Å². The van der Waals surface area contributed by atoms with Gasteiger partial charge < -0.3 is 16.4 Å². The number of carbonyl (C=O) groups excluding carboxylic acids is 1. The van der Waals surface area contributed by atoms with Crippen LogP contribution in [0.3, 0.4) is 0 Å². The minimum absolute atomic E-state index is 0.0327. The molecule has 1 aromatic heterocycles. The number of anilines is 1. The van der Waals surface area contributed by atoms with Gasteiger partial charge in [0, 0.05) is 11.7 Å². The molecular weight excluding hydrogens is 248 g/mol. The molecule has 0 radical (unpaired) electrons. The van der Waals surface area contributed by atoms with E-state index in [9.17, 15) is 4.79 Å². The summed E-state index contributed by atoms with van der Waals surface area (Å²) >= 11 is 4.95. The number of nitrogens with two attached hydrogens (primary N) is 1. The van der Waals surface area contributed by atoms with Gasteiger partial charge in [-0.25, -0.2) is 4.98 Å². The van der Waals surface area contributed by atoms with Crippen molar-refractivity contribution in [3.05, 3.63) is 23.4 Å². The Bertz CT molecular complexity index is 485. The molecule has 1 saturated carbocycles. The number of hydrogen-bond donors (Lipinski definition) is 3. The maximum Gasteiger partial charge on any atom is 0.239 e. The van der Waals surface area contributed by atoms with Gasteiger partial charge in [0.1, 0.15) is 10.8 Å². The monoisotopic (exact) mass is 264 g/mol. The molecule has 1 amide bonds. The van der Waals surface area contributed by atoms with Gasteiger partial charge in [0.2, 0.25) is 5.91 Å². The van der Waals surface area contributed by atoms with Gasteiger partial charge in [-0.2, -0.15) is 0 Å². The first-order valence-corrected chi connectivity index (χ1v) is 6.28. The van der Waals surface area contributed by atoms with Crippen LogP contribution in [0.1, 0.15) is 24.1 Å². The average molecular weight is 264 g/mol. The van der Waals surface area contributed by atoms with E-state index < -0.39 is 0 Å². The summed E-state index contributed by atoms with van der Waals surface area (Å²) in [4.78, 5) is 16.1. The van der Waals surface area contributed by atoms with Gasteiger partial charge in [0.15, 0.2) is 0 Å². The van der Waals surface area contributed by atoms with Crippen molar-refractivity contribution in [2.24, 2.45) is 5.73 Å². The van der Waals surface area contributed by atoms with Crippen LogP contribution < -0.4 is 16.4 Å². The van der Waals surface area contributed by atoms with Gasteiger partial charge in [-0.1, -0.05) is 12.2 Å². The van der Waals surface area contributed by atoms with E-state index >= 15 is 0 Å². The first-order valence-electron chi connectivity index (χ1n) is 5.87. The van der Waals surface area contributed by atoms with Crippen molar-refractivity contribution in [2.45, 2.75) is 25.8 Å². The summed E-state index contributed by atoms with van der Waals surface area (Å²) in [5.74, 6) is 0.531. The standard InChI is InChI=1S/C12H16N4OS/c1-7-2-5-9(11(13)18)12(15-7)14-6-10(17)16-8-3-4-8/h2,5,8H,3-4,6H2,1H3,(H2,13,18)(H,14,15)(H,16,17). The number of aromatic nitrogens is 1. The number of amides is 1. The molecule has 1 heterocycles. The van der Waals surface area contributed by atoms with E-state index in [1.54, 1.807) is 0 Å². The Hall–Kier alpha value is -1.69. The number of thiocarbonyl (C=S) groups is 1. The van der Waals surface area contributed by atoms with E-state index in [1.165, 1.54) is 0 Å². The highest BCUT2D eigenvalue weighted by molar-refractivity contribution is 7.80. The molecule has 0 aliphatic heterocycles. The minimum atomic E-state index is -0.0327. The van der Waals surface area contributed by atoms with Crippen LogP contribution in [0.5, 0.6) is 0 Å². The Morgan fingerprint density at radius 2 is 2.28 bits per heavy atom. The lowest BCUT2D eigenvalue weighted by molar-refractivity contribution is -0.119. The van der Waals surface area contributed by atoms with Crippen molar-refractivity contribution in [1.29, 1.82) is 0 Å². The van der Waals surface area contributed by atoms with Gasteiger partial charge in [0.25, 0.3) is 0 Å². The third kappa shape index (κ3) is 3.40. The fourth-order valence-corrected chi connectivity index (χ4v) is 1.73. The molecule has 5 nitrogen and oxygen atoms in total. The third-order valence-electron chi connectivity index (χ3n) is 2.66. The summed E-state index contributed by atoms with van der Waals surface area (Å²) in [6.07, 6.45) is 2.15. The molecule has 96 valence electrons. The van der Waals surface area contributed by atoms with E-state index in [0.717, 1.165) is 18.5 Å². The largest absolute Gasteiger partial charge is 0.389 e. The number of nitrogens with zero attached hydrogens (tertiary/aromatic N) is 1. The predicted molar refractivity (Wildman–Crippen MR) is 74.5 cm³/mol. The first-order chi connectivity index (χ1) is 8.56. The number of carbonyl (C=O) groups is 1. The number of rotatable bonds is 5. The van der Waals surface area contributed by atoms with E-state index in [2.05, 4.69) is 15.6 Å². The average Bonchev–Trinajstić information content (AvgIpc) is 3.10. The fraction of sp³-hybridized carbons (Fsp3) is 0.417. The molecule has 4 N–H and O–H groups in total. The second-order valence-corrected chi connectivity index (χ2v) is 4.85. The molecule has 0 bridgehead atoms. The summed E-state index contributed by atoms with van der Waals surface area (Å²) in [5, 5.41) is 5.87. The summed E-state index contributed by atoms with van der Waals surface area (Å²) in [6, 6.07) is 4.01. The SMILES string of the molecule is Cc1ccc(C(N)=S)c(NCC(=O)NC2CC2)n1. The molecule has 2 rings (SSSR count). The second kappa shape index (κ2) is 5.30. The van der Waals surface area contributed by atoms with Crippen LogP contribution in [-0.2, 0) is 4.79 Å². The van der Waals surface area contributed by atoms with Crippen LogP contribution in [0.2, 0.25) is 0 Å². The van der Waals surface area contributed by atoms with E-state index in [4.69, 9.17) is 18.0 Å². The number of pyridine rings is 1. The summed E-state index contributed by atoms with van der Waals surface area (Å²) in [5.41, 5.74) is 7.12. The first kappa shape index (κ1) is 12.8. The van der Waals surface area contributed by atoms with Crippen LogP contribution in [-0.4, -0.2) is 28.5 Å². The molecule has 1 aromatic rings. The Morgan fingerprint density at radius 1 is 1.56 bits per heavy atom. The molecule has 18 heavy (non-hydrogen) atoms. The zero-order valence-corrected chi connectivity index (χ0v) is 11.0. The summed E-state index contributed by atoms with van der Waals surface area (Å²) < 4.78 is 0. The van der Waals surface area contributed by atoms with Crippen molar-refractivity contribution in [1.82, 2.24) is 10.3 Å². The lowest BCUT2D eigenvalue weighted by Gasteiger charge is -2.11. The van der Waals surface area contributed by atoms with Crippen LogP contribution in [0.25, 0.3) is 0 Å². The topological polar surface area (TPSA) is 80.0 Å². The highest BCUT2D eigenvalue weighted by Crippen LogP contribution is 2.18. The lowest BCUT2D eigenvalue weighted by atomic mass is 10.2. The Labute approximate surface area is 111 Å². The number of hydrogen-bond acceptors (Lipinski definition) is 4. The summed E-state index contributed by atoms with van der Waals surface area (Å²) in [7, 11) is 0. The maximum atomic E-state index is 11.6. The predicted octanol–water partition coefficient (Wildman–Crippen LogP) is 0.715. The Balaban J connectivity index is 2.00. The van der Waals surface area contributed by atoms with Crippen LogP contribution in [0, 0.1) is 6.92 Å². The number of aryl methyl sites for hydroxylation is 1. The zero-order chi connectivity index (χ0) is 13.1. The molecule has 0 saturated heterocycles. The van der Waals surface area contributed by atoms with Crippen molar-refractivity contribution in [3.8, 4) is 0 Å².